The van der Waals surface area contributed by atoms with Crippen LogP contribution in [0, 0.1) is 5.92 Å². The van der Waals surface area contributed by atoms with Gasteiger partial charge >= 0.3 is 6.09 Å². The molecule has 8 nitrogen and oxygen atoms in total. The first-order valence-electron chi connectivity index (χ1n) is 12.2. The van der Waals surface area contributed by atoms with Gasteiger partial charge < -0.3 is 15.9 Å². The van der Waals surface area contributed by atoms with Crippen LogP contribution in [0.5, 0.6) is 0 Å². The van der Waals surface area contributed by atoms with E-state index in [1.807, 2.05) is 74.5 Å². The summed E-state index contributed by atoms with van der Waals surface area (Å²) in [6, 6.07) is 23.4. The lowest BCUT2D eigenvalue weighted by Gasteiger charge is -2.36. The summed E-state index contributed by atoms with van der Waals surface area (Å²) in [7, 11) is -3.97. The quantitative estimate of drug-likeness (QED) is 0.306. The van der Waals surface area contributed by atoms with E-state index in [0.29, 0.717) is 5.69 Å². The maximum Gasteiger partial charge on any atom is 0.407 e. The number of hydrogen-bond acceptors (Lipinski definition) is 5. The van der Waals surface area contributed by atoms with Crippen LogP contribution in [-0.2, 0) is 23.0 Å². The van der Waals surface area contributed by atoms with Gasteiger partial charge in [-0.2, -0.15) is 4.31 Å². The lowest BCUT2D eigenvalue weighted by Crippen LogP contribution is -2.52. The zero-order chi connectivity index (χ0) is 27.0. The Labute approximate surface area is 219 Å². The van der Waals surface area contributed by atoms with Gasteiger partial charge in [0.25, 0.3) is 0 Å². The van der Waals surface area contributed by atoms with E-state index in [4.69, 9.17) is 5.73 Å². The number of nitrogens with zero attached hydrogens (tertiary/aromatic N) is 2. The fourth-order valence-corrected chi connectivity index (χ4v) is 5.84. The Morgan fingerprint density at radius 2 is 1.41 bits per heavy atom. The van der Waals surface area contributed by atoms with Crippen molar-refractivity contribution in [2.75, 3.05) is 18.8 Å². The van der Waals surface area contributed by atoms with Crippen LogP contribution in [0.2, 0.25) is 0 Å². The first-order valence-corrected chi connectivity index (χ1v) is 13.6. The van der Waals surface area contributed by atoms with Crippen LogP contribution in [-0.4, -0.2) is 59.2 Å². The second kappa shape index (κ2) is 12.7. The largest absolute Gasteiger partial charge is 0.465 e. The highest BCUT2D eigenvalue weighted by atomic mass is 32.2. The van der Waals surface area contributed by atoms with E-state index in [2.05, 4.69) is 0 Å². The van der Waals surface area contributed by atoms with Gasteiger partial charge in [0.2, 0.25) is 10.0 Å². The molecule has 0 radical (unpaired) electrons. The molecule has 1 unspecified atom stereocenters. The molecule has 0 heterocycles. The van der Waals surface area contributed by atoms with E-state index in [9.17, 15) is 23.4 Å². The van der Waals surface area contributed by atoms with E-state index in [-0.39, 0.29) is 36.9 Å². The molecule has 0 aliphatic rings. The molecule has 3 rings (SSSR count). The molecular formula is C28H35N3O5S. The molecule has 3 aromatic carbocycles. The fraction of sp³-hybridized carbons (Fsp3) is 0.321. The predicted octanol–water partition coefficient (Wildman–Crippen LogP) is 4.07. The molecule has 9 heteroatoms. The molecule has 0 saturated carbocycles. The molecule has 37 heavy (non-hydrogen) atoms. The number of benzene rings is 3. The van der Waals surface area contributed by atoms with Crippen molar-refractivity contribution in [3.63, 3.8) is 0 Å². The lowest BCUT2D eigenvalue weighted by atomic mass is 9.98. The molecule has 0 saturated heterocycles. The molecule has 0 aromatic heterocycles. The van der Waals surface area contributed by atoms with Gasteiger partial charge in [0.15, 0.2) is 0 Å². The highest BCUT2D eigenvalue weighted by molar-refractivity contribution is 7.89. The Morgan fingerprint density at radius 3 is 1.92 bits per heavy atom. The Bertz CT molecular complexity index is 1240. The van der Waals surface area contributed by atoms with Gasteiger partial charge in [-0.15, -0.1) is 0 Å². The van der Waals surface area contributed by atoms with E-state index < -0.39 is 28.3 Å². The maximum atomic E-state index is 13.5. The monoisotopic (exact) mass is 525 g/mol. The maximum absolute atomic E-state index is 13.5. The first-order chi connectivity index (χ1) is 17.6. The fourth-order valence-electron chi connectivity index (χ4n) is 4.21. The van der Waals surface area contributed by atoms with Gasteiger partial charge in [0.05, 0.1) is 17.0 Å². The minimum Gasteiger partial charge on any atom is -0.465 e. The van der Waals surface area contributed by atoms with Crippen molar-refractivity contribution in [2.45, 2.75) is 43.9 Å². The third-order valence-corrected chi connectivity index (χ3v) is 7.90. The van der Waals surface area contributed by atoms with Crippen molar-refractivity contribution in [3.8, 4) is 0 Å². The third-order valence-electron chi connectivity index (χ3n) is 6.05. The standard InChI is InChI=1S/C28H35N3O5S/c1-21(2)18-30(37(35,36)25-15-13-24(29)14-16-25)20-27(32)26(17-22-9-5-3-6-10-22)31(28(33)34)19-23-11-7-4-8-12-23/h3-16,21,26-27,32H,17-20,29H2,1-2H3,(H,33,34)/t26?,27-/m1/s1. The number of carboxylic acid groups (broad SMARTS) is 1. The topological polar surface area (TPSA) is 124 Å². The van der Waals surface area contributed by atoms with Crippen molar-refractivity contribution in [1.29, 1.82) is 0 Å². The number of hydrogen-bond donors (Lipinski definition) is 3. The van der Waals surface area contributed by atoms with Crippen LogP contribution >= 0.6 is 0 Å². The van der Waals surface area contributed by atoms with Crippen LogP contribution in [0.25, 0.3) is 0 Å². The average molecular weight is 526 g/mol. The number of carbonyl (C=O) groups is 1. The van der Waals surface area contributed by atoms with Crippen molar-refractivity contribution in [1.82, 2.24) is 9.21 Å². The van der Waals surface area contributed by atoms with E-state index >= 15 is 0 Å². The van der Waals surface area contributed by atoms with Crippen LogP contribution in [0.1, 0.15) is 25.0 Å². The van der Waals surface area contributed by atoms with Crippen molar-refractivity contribution >= 4 is 21.8 Å². The van der Waals surface area contributed by atoms with Crippen LogP contribution in [0.4, 0.5) is 10.5 Å². The number of nitrogens with two attached hydrogens (primary N) is 1. The number of aliphatic hydroxyl groups is 1. The highest BCUT2D eigenvalue weighted by Gasteiger charge is 2.35. The lowest BCUT2D eigenvalue weighted by molar-refractivity contribution is 0.0337. The summed E-state index contributed by atoms with van der Waals surface area (Å²) in [6.45, 7) is 3.73. The van der Waals surface area contributed by atoms with E-state index in [0.717, 1.165) is 11.1 Å². The van der Waals surface area contributed by atoms with Crippen LogP contribution < -0.4 is 5.73 Å². The second-order valence-corrected chi connectivity index (χ2v) is 11.4. The number of aliphatic hydroxyl groups excluding tert-OH is 1. The van der Waals surface area contributed by atoms with Gasteiger partial charge in [-0.05, 0) is 47.7 Å². The van der Waals surface area contributed by atoms with Gasteiger partial charge in [-0.25, -0.2) is 13.2 Å². The highest BCUT2D eigenvalue weighted by Crippen LogP contribution is 2.22. The second-order valence-electron chi connectivity index (χ2n) is 9.51. The summed E-state index contributed by atoms with van der Waals surface area (Å²) in [5, 5.41) is 21.6. The number of rotatable bonds is 12. The molecule has 0 fully saturated rings. The molecule has 0 aliphatic heterocycles. The Hall–Kier alpha value is -3.40. The van der Waals surface area contributed by atoms with Crippen LogP contribution in [0.15, 0.2) is 89.8 Å². The number of sulfonamides is 1. The minimum absolute atomic E-state index is 0.0248. The van der Waals surface area contributed by atoms with Gasteiger partial charge in [-0.1, -0.05) is 74.5 Å². The summed E-state index contributed by atoms with van der Waals surface area (Å²) in [5.74, 6) is -0.0248. The molecule has 3 aromatic rings. The molecular weight excluding hydrogens is 490 g/mol. The molecule has 0 aliphatic carbocycles. The van der Waals surface area contributed by atoms with Crippen molar-refractivity contribution in [2.24, 2.45) is 5.92 Å². The number of nitrogen functional groups attached to an aromatic ring is 1. The molecule has 4 N–H and O–H groups in total. The normalized spacial score (nSPS) is 13.4. The van der Waals surface area contributed by atoms with Crippen molar-refractivity contribution < 1.29 is 23.4 Å². The Morgan fingerprint density at radius 1 is 0.865 bits per heavy atom. The predicted molar refractivity (Wildman–Crippen MR) is 144 cm³/mol. The zero-order valence-electron chi connectivity index (χ0n) is 21.1. The van der Waals surface area contributed by atoms with Crippen LogP contribution in [0.3, 0.4) is 0 Å². The van der Waals surface area contributed by atoms with E-state index in [1.165, 1.54) is 33.5 Å². The van der Waals surface area contributed by atoms with Crippen molar-refractivity contribution in [3.05, 3.63) is 96.1 Å². The number of anilines is 1. The third kappa shape index (κ3) is 7.79. The molecule has 1 amide bonds. The Kier molecular flexibility index (Phi) is 9.68. The summed E-state index contributed by atoms with van der Waals surface area (Å²) in [4.78, 5) is 13.7. The smallest absolute Gasteiger partial charge is 0.407 e. The zero-order valence-corrected chi connectivity index (χ0v) is 22.0. The molecule has 2 atom stereocenters. The Balaban J connectivity index is 1.96. The SMILES string of the molecule is CC(C)CN(C[C@@H](O)C(Cc1ccccc1)N(Cc1ccccc1)C(=O)O)S(=O)(=O)c1ccc(N)cc1. The average Bonchev–Trinajstić information content (AvgIpc) is 2.86. The minimum atomic E-state index is -3.97. The summed E-state index contributed by atoms with van der Waals surface area (Å²) < 4.78 is 28.3. The number of amides is 1. The van der Waals surface area contributed by atoms with Gasteiger partial charge in [-0.3, -0.25) is 4.90 Å². The molecule has 0 spiro atoms. The first kappa shape index (κ1) is 28.2. The molecule has 198 valence electrons. The summed E-state index contributed by atoms with van der Waals surface area (Å²) in [6.07, 6.45) is -2.26. The summed E-state index contributed by atoms with van der Waals surface area (Å²) >= 11 is 0. The molecule has 0 bridgehead atoms. The van der Waals surface area contributed by atoms with E-state index in [1.54, 1.807) is 0 Å². The van der Waals surface area contributed by atoms with Gasteiger partial charge in [0.1, 0.15) is 0 Å². The summed E-state index contributed by atoms with van der Waals surface area (Å²) in [5.41, 5.74) is 7.78. The van der Waals surface area contributed by atoms with Gasteiger partial charge in [0, 0.05) is 25.3 Å².